The Balaban J connectivity index is 2.06. The minimum Gasteiger partial charge on any atom is -0.491 e. The molecule has 0 amide bonds. The molecule has 0 aliphatic carbocycles. The number of aromatic nitrogens is 3. The van der Waals surface area contributed by atoms with Gasteiger partial charge in [-0.3, -0.25) is 0 Å². The van der Waals surface area contributed by atoms with Gasteiger partial charge in [0.05, 0.1) is 14.2 Å². The third kappa shape index (κ3) is 2.85. The van der Waals surface area contributed by atoms with E-state index in [0.717, 1.165) is 0 Å². The lowest BCUT2D eigenvalue weighted by molar-refractivity contribution is 0.344. The zero-order chi connectivity index (χ0) is 17.1. The lowest BCUT2D eigenvalue weighted by Crippen LogP contribution is -1.99. The molecule has 0 aliphatic rings. The zero-order valence-electron chi connectivity index (χ0n) is 13.3. The largest absolute Gasteiger partial charge is 0.491 e. The normalized spacial score (nSPS) is 10.5. The van der Waals surface area contributed by atoms with Crippen molar-refractivity contribution in [2.75, 3.05) is 26.6 Å². The van der Waals surface area contributed by atoms with E-state index < -0.39 is 5.82 Å². The van der Waals surface area contributed by atoms with Gasteiger partial charge in [-0.15, -0.1) is 0 Å². The van der Waals surface area contributed by atoms with Crippen LogP contribution in [0.15, 0.2) is 30.6 Å². The number of nitrogens with one attached hydrogen (secondary N) is 1. The van der Waals surface area contributed by atoms with E-state index in [1.807, 2.05) is 0 Å². The number of rotatable bonds is 5. The first kappa shape index (κ1) is 15.7. The molecule has 124 valence electrons. The molecular formula is C16H15FN4O3. The SMILES string of the molecule is CNc1ccc(Oc2ncnc3cc(OC)c(OC)nc23)c(F)c1. The number of fused-ring (bicyclic) bond motifs is 1. The first-order chi connectivity index (χ1) is 11.7. The highest BCUT2D eigenvalue weighted by molar-refractivity contribution is 5.81. The van der Waals surface area contributed by atoms with Crippen LogP contribution in [0.2, 0.25) is 0 Å². The summed E-state index contributed by atoms with van der Waals surface area (Å²) in [5.41, 5.74) is 1.47. The van der Waals surface area contributed by atoms with Crippen LogP contribution in [0.1, 0.15) is 0 Å². The molecule has 3 rings (SSSR count). The topological polar surface area (TPSA) is 78.4 Å². The van der Waals surface area contributed by atoms with E-state index in [1.165, 1.54) is 32.7 Å². The van der Waals surface area contributed by atoms with Crippen LogP contribution in [-0.4, -0.2) is 36.2 Å². The molecule has 0 fully saturated rings. The Labute approximate surface area is 137 Å². The Morgan fingerprint density at radius 2 is 1.83 bits per heavy atom. The Kier molecular flexibility index (Phi) is 4.28. The summed E-state index contributed by atoms with van der Waals surface area (Å²) in [4.78, 5) is 12.5. The number of ether oxygens (including phenoxy) is 3. The van der Waals surface area contributed by atoms with Gasteiger partial charge in [-0.05, 0) is 12.1 Å². The van der Waals surface area contributed by atoms with Crippen LogP contribution in [-0.2, 0) is 0 Å². The molecular weight excluding hydrogens is 315 g/mol. The summed E-state index contributed by atoms with van der Waals surface area (Å²) in [7, 11) is 4.68. The molecule has 0 unspecified atom stereocenters. The third-order valence-corrected chi connectivity index (χ3v) is 3.35. The van der Waals surface area contributed by atoms with Crippen molar-refractivity contribution in [1.82, 2.24) is 15.0 Å². The molecule has 0 spiro atoms. The second kappa shape index (κ2) is 6.53. The van der Waals surface area contributed by atoms with Crippen LogP contribution in [0.4, 0.5) is 10.1 Å². The molecule has 3 aromatic rings. The number of nitrogens with zero attached hydrogens (tertiary/aromatic N) is 3. The molecule has 0 saturated heterocycles. The Morgan fingerprint density at radius 1 is 1.00 bits per heavy atom. The lowest BCUT2D eigenvalue weighted by atomic mass is 10.3. The molecule has 1 aromatic carbocycles. The van der Waals surface area contributed by atoms with E-state index in [4.69, 9.17) is 14.2 Å². The maximum atomic E-state index is 14.1. The zero-order valence-corrected chi connectivity index (χ0v) is 13.3. The Bertz CT molecular complexity index is 889. The first-order valence-corrected chi connectivity index (χ1v) is 7.05. The quantitative estimate of drug-likeness (QED) is 0.770. The highest BCUT2D eigenvalue weighted by Crippen LogP contribution is 2.33. The van der Waals surface area contributed by atoms with Crippen LogP contribution in [0.3, 0.4) is 0 Å². The molecule has 0 saturated carbocycles. The van der Waals surface area contributed by atoms with Crippen molar-refractivity contribution >= 4 is 16.7 Å². The summed E-state index contributed by atoms with van der Waals surface area (Å²) in [6.45, 7) is 0. The molecule has 2 aromatic heterocycles. The summed E-state index contributed by atoms with van der Waals surface area (Å²) < 4.78 is 30.1. The number of anilines is 1. The summed E-state index contributed by atoms with van der Waals surface area (Å²) in [5.74, 6) is 0.326. The minimum atomic E-state index is -0.519. The van der Waals surface area contributed by atoms with E-state index in [1.54, 1.807) is 19.2 Å². The first-order valence-electron chi connectivity index (χ1n) is 7.05. The second-order valence-electron chi connectivity index (χ2n) is 4.74. The van der Waals surface area contributed by atoms with Crippen LogP contribution in [0.25, 0.3) is 11.0 Å². The van der Waals surface area contributed by atoms with Crippen molar-refractivity contribution in [1.29, 1.82) is 0 Å². The molecule has 0 aliphatic heterocycles. The Morgan fingerprint density at radius 3 is 2.50 bits per heavy atom. The van der Waals surface area contributed by atoms with E-state index >= 15 is 0 Å². The fraction of sp³-hybridized carbons (Fsp3) is 0.188. The highest BCUT2D eigenvalue weighted by atomic mass is 19.1. The second-order valence-corrected chi connectivity index (χ2v) is 4.74. The third-order valence-electron chi connectivity index (χ3n) is 3.35. The van der Waals surface area contributed by atoms with Gasteiger partial charge < -0.3 is 19.5 Å². The van der Waals surface area contributed by atoms with E-state index in [9.17, 15) is 4.39 Å². The smallest absolute Gasteiger partial charge is 0.257 e. The van der Waals surface area contributed by atoms with Crippen molar-refractivity contribution in [3.8, 4) is 23.3 Å². The predicted octanol–water partition coefficient (Wildman–Crippen LogP) is 3.02. The van der Waals surface area contributed by atoms with Crippen LogP contribution in [0.5, 0.6) is 23.3 Å². The van der Waals surface area contributed by atoms with Gasteiger partial charge in [0, 0.05) is 24.9 Å². The molecule has 8 heteroatoms. The number of pyridine rings is 1. The van der Waals surface area contributed by atoms with Crippen molar-refractivity contribution in [3.05, 3.63) is 36.4 Å². The average Bonchev–Trinajstić information content (AvgIpc) is 2.62. The molecule has 1 N–H and O–H groups in total. The summed E-state index contributed by atoms with van der Waals surface area (Å²) in [5, 5.41) is 2.85. The van der Waals surface area contributed by atoms with Crippen LogP contribution < -0.4 is 19.5 Å². The summed E-state index contributed by atoms with van der Waals surface area (Å²) >= 11 is 0. The van der Waals surface area contributed by atoms with Crippen molar-refractivity contribution in [2.24, 2.45) is 0 Å². The van der Waals surface area contributed by atoms with E-state index in [0.29, 0.717) is 22.5 Å². The molecule has 0 bridgehead atoms. The van der Waals surface area contributed by atoms with Crippen molar-refractivity contribution in [3.63, 3.8) is 0 Å². The minimum absolute atomic E-state index is 0.0329. The van der Waals surface area contributed by atoms with Crippen LogP contribution in [0, 0.1) is 5.82 Å². The van der Waals surface area contributed by atoms with Gasteiger partial charge in [0.15, 0.2) is 22.8 Å². The highest BCUT2D eigenvalue weighted by Gasteiger charge is 2.15. The van der Waals surface area contributed by atoms with Gasteiger partial charge in [0.2, 0.25) is 5.88 Å². The van der Waals surface area contributed by atoms with Gasteiger partial charge in [0.1, 0.15) is 11.8 Å². The summed E-state index contributed by atoms with van der Waals surface area (Å²) in [6.07, 6.45) is 1.31. The van der Waals surface area contributed by atoms with E-state index in [-0.39, 0.29) is 17.5 Å². The molecule has 7 nitrogen and oxygen atoms in total. The summed E-state index contributed by atoms with van der Waals surface area (Å²) in [6, 6.07) is 6.18. The van der Waals surface area contributed by atoms with Gasteiger partial charge in [-0.1, -0.05) is 0 Å². The van der Waals surface area contributed by atoms with Gasteiger partial charge in [-0.25, -0.2) is 14.4 Å². The van der Waals surface area contributed by atoms with Gasteiger partial charge in [0.25, 0.3) is 5.88 Å². The fourth-order valence-corrected chi connectivity index (χ4v) is 2.14. The monoisotopic (exact) mass is 330 g/mol. The van der Waals surface area contributed by atoms with Crippen molar-refractivity contribution in [2.45, 2.75) is 0 Å². The predicted molar refractivity (Wildman–Crippen MR) is 86.5 cm³/mol. The van der Waals surface area contributed by atoms with Gasteiger partial charge >= 0.3 is 0 Å². The standard InChI is InChI=1S/C16H15FN4O3/c1-18-9-4-5-12(10(17)6-9)24-16-14-11(19-8-20-16)7-13(22-2)15(21-14)23-3/h4-8,18H,1-3H3. The molecule has 0 radical (unpaired) electrons. The number of hydrogen-bond donors (Lipinski definition) is 1. The van der Waals surface area contributed by atoms with Crippen LogP contribution >= 0.6 is 0 Å². The number of methoxy groups -OCH3 is 2. The Hall–Kier alpha value is -3.16. The lowest BCUT2D eigenvalue weighted by Gasteiger charge is -2.11. The number of benzene rings is 1. The average molecular weight is 330 g/mol. The number of halogens is 1. The maximum Gasteiger partial charge on any atom is 0.257 e. The molecule has 2 heterocycles. The van der Waals surface area contributed by atoms with E-state index in [2.05, 4.69) is 20.3 Å². The molecule has 24 heavy (non-hydrogen) atoms. The number of hydrogen-bond acceptors (Lipinski definition) is 7. The maximum absolute atomic E-state index is 14.1. The van der Waals surface area contributed by atoms with Crippen molar-refractivity contribution < 1.29 is 18.6 Å². The fourth-order valence-electron chi connectivity index (χ4n) is 2.14. The van der Waals surface area contributed by atoms with Gasteiger partial charge in [-0.2, -0.15) is 4.98 Å². The molecule has 0 atom stereocenters.